The van der Waals surface area contributed by atoms with E-state index in [1.54, 1.807) is 24.3 Å². The van der Waals surface area contributed by atoms with Crippen LogP contribution in [0.1, 0.15) is 27.2 Å². The van der Waals surface area contributed by atoms with E-state index in [1.165, 1.54) is 24.3 Å². The SMILES string of the molecule is CCOc1ccc(NS(=O)(=O)c2ccc(OCC(=O)N[C@H](C)CC)cc2)cc1. The minimum Gasteiger partial charge on any atom is -0.494 e. The molecule has 0 aliphatic rings. The van der Waals surface area contributed by atoms with E-state index in [0.29, 0.717) is 23.8 Å². The number of ether oxygens (including phenoxy) is 2. The van der Waals surface area contributed by atoms with Crippen LogP contribution in [-0.2, 0) is 14.8 Å². The Morgan fingerprint density at radius 1 is 0.964 bits per heavy atom. The van der Waals surface area contributed by atoms with E-state index in [-0.39, 0.29) is 23.5 Å². The number of carbonyl (C=O) groups is 1. The largest absolute Gasteiger partial charge is 0.494 e. The molecule has 0 unspecified atom stereocenters. The van der Waals surface area contributed by atoms with E-state index in [2.05, 4.69) is 10.0 Å². The van der Waals surface area contributed by atoms with Crippen LogP contribution in [0.15, 0.2) is 53.4 Å². The molecule has 0 saturated carbocycles. The molecule has 0 saturated heterocycles. The maximum Gasteiger partial charge on any atom is 0.261 e. The number of nitrogens with one attached hydrogen (secondary N) is 2. The van der Waals surface area contributed by atoms with Gasteiger partial charge in [0, 0.05) is 11.7 Å². The average molecular weight is 407 g/mol. The highest BCUT2D eigenvalue weighted by Gasteiger charge is 2.14. The summed E-state index contributed by atoms with van der Waals surface area (Å²) in [7, 11) is -3.73. The van der Waals surface area contributed by atoms with Gasteiger partial charge in [0.15, 0.2) is 6.61 Å². The third-order valence-corrected chi connectivity index (χ3v) is 5.34. The Labute approximate surface area is 166 Å². The zero-order valence-electron chi connectivity index (χ0n) is 16.3. The molecule has 0 aliphatic carbocycles. The molecule has 7 nitrogen and oxygen atoms in total. The number of hydrogen-bond donors (Lipinski definition) is 2. The Balaban J connectivity index is 1.96. The number of benzene rings is 2. The van der Waals surface area contributed by atoms with Crippen molar-refractivity contribution in [2.24, 2.45) is 0 Å². The Hall–Kier alpha value is -2.74. The lowest BCUT2D eigenvalue weighted by Gasteiger charge is -2.12. The molecular weight excluding hydrogens is 380 g/mol. The van der Waals surface area contributed by atoms with Crippen molar-refractivity contribution >= 4 is 21.6 Å². The minimum absolute atomic E-state index is 0.0808. The molecule has 2 aromatic carbocycles. The molecule has 2 rings (SSSR count). The minimum atomic E-state index is -3.73. The fourth-order valence-electron chi connectivity index (χ4n) is 2.28. The zero-order chi connectivity index (χ0) is 20.6. The lowest BCUT2D eigenvalue weighted by Crippen LogP contribution is -2.35. The fraction of sp³-hybridized carbons (Fsp3) is 0.350. The van der Waals surface area contributed by atoms with Crippen molar-refractivity contribution < 1.29 is 22.7 Å². The van der Waals surface area contributed by atoms with Gasteiger partial charge < -0.3 is 14.8 Å². The van der Waals surface area contributed by atoms with Crippen molar-refractivity contribution in [2.75, 3.05) is 17.9 Å². The van der Waals surface area contributed by atoms with Crippen LogP contribution >= 0.6 is 0 Å². The lowest BCUT2D eigenvalue weighted by atomic mass is 10.2. The first kappa shape index (κ1) is 21.6. The van der Waals surface area contributed by atoms with Crippen molar-refractivity contribution in [1.82, 2.24) is 5.32 Å². The van der Waals surface area contributed by atoms with Crippen molar-refractivity contribution in [3.63, 3.8) is 0 Å². The molecule has 28 heavy (non-hydrogen) atoms. The maximum atomic E-state index is 12.5. The molecule has 0 radical (unpaired) electrons. The number of sulfonamides is 1. The van der Waals surface area contributed by atoms with Crippen LogP contribution in [0.3, 0.4) is 0 Å². The van der Waals surface area contributed by atoms with Gasteiger partial charge in [-0.05, 0) is 68.8 Å². The number of amides is 1. The fourth-order valence-corrected chi connectivity index (χ4v) is 3.34. The molecule has 0 aromatic heterocycles. The third-order valence-electron chi connectivity index (χ3n) is 3.94. The molecule has 2 aromatic rings. The Morgan fingerprint density at radius 2 is 1.54 bits per heavy atom. The molecule has 0 heterocycles. The van der Waals surface area contributed by atoms with E-state index in [9.17, 15) is 13.2 Å². The summed E-state index contributed by atoms with van der Waals surface area (Å²) >= 11 is 0. The molecule has 0 aliphatic heterocycles. The second-order valence-corrected chi connectivity index (χ2v) is 7.88. The van der Waals surface area contributed by atoms with Gasteiger partial charge in [-0.15, -0.1) is 0 Å². The van der Waals surface area contributed by atoms with Gasteiger partial charge in [0.1, 0.15) is 11.5 Å². The summed E-state index contributed by atoms with van der Waals surface area (Å²) in [6.07, 6.45) is 0.833. The Bertz CT molecular complexity index is 864. The summed E-state index contributed by atoms with van der Waals surface area (Å²) in [6, 6.07) is 12.6. The van der Waals surface area contributed by atoms with Crippen LogP contribution in [0.2, 0.25) is 0 Å². The summed E-state index contributed by atoms with van der Waals surface area (Å²) in [5.41, 5.74) is 0.436. The van der Waals surface area contributed by atoms with Crippen LogP contribution in [-0.4, -0.2) is 33.6 Å². The second kappa shape index (κ2) is 9.98. The van der Waals surface area contributed by atoms with Crippen LogP contribution in [0.5, 0.6) is 11.5 Å². The normalized spacial score (nSPS) is 12.1. The van der Waals surface area contributed by atoms with E-state index in [0.717, 1.165) is 6.42 Å². The summed E-state index contributed by atoms with van der Waals surface area (Å²) in [5.74, 6) is 0.867. The predicted octanol–water partition coefficient (Wildman–Crippen LogP) is 3.18. The van der Waals surface area contributed by atoms with Gasteiger partial charge in [-0.25, -0.2) is 8.42 Å². The average Bonchev–Trinajstić information content (AvgIpc) is 2.68. The first-order chi connectivity index (χ1) is 13.3. The van der Waals surface area contributed by atoms with Gasteiger partial charge >= 0.3 is 0 Å². The van der Waals surface area contributed by atoms with E-state index < -0.39 is 10.0 Å². The smallest absolute Gasteiger partial charge is 0.261 e. The quantitative estimate of drug-likeness (QED) is 0.632. The molecule has 0 fully saturated rings. The van der Waals surface area contributed by atoms with Crippen molar-refractivity contribution in [2.45, 2.75) is 38.1 Å². The number of carbonyl (C=O) groups excluding carboxylic acids is 1. The van der Waals surface area contributed by atoms with E-state index in [1.807, 2.05) is 20.8 Å². The van der Waals surface area contributed by atoms with Gasteiger partial charge in [0.25, 0.3) is 15.9 Å². The number of hydrogen-bond acceptors (Lipinski definition) is 5. The third kappa shape index (κ3) is 6.45. The maximum absolute atomic E-state index is 12.5. The highest BCUT2D eigenvalue weighted by atomic mass is 32.2. The van der Waals surface area contributed by atoms with Gasteiger partial charge in [0.05, 0.1) is 11.5 Å². The van der Waals surface area contributed by atoms with Crippen LogP contribution in [0.4, 0.5) is 5.69 Å². The Kier molecular flexibility index (Phi) is 7.69. The van der Waals surface area contributed by atoms with Crippen molar-refractivity contribution in [3.05, 3.63) is 48.5 Å². The van der Waals surface area contributed by atoms with E-state index in [4.69, 9.17) is 9.47 Å². The van der Waals surface area contributed by atoms with Gasteiger partial charge in [-0.1, -0.05) is 6.92 Å². The molecule has 8 heteroatoms. The standard InChI is InChI=1S/C20H26N2O5S/c1-4-15(3)21-20(23)14-27-18-10-12-19(13-11-18)28(24,25)22-16-6-8-17(9-7-16)26-5-2/h6-13,15,22H,4-5,14H2,1-3H3,(H,21,23)/t15-/m1/s1. The van der Waals surface area contributed by atoms with Crippen LogP contribution in [0, 0.1) is 0 Å². The van der Waals surface area contributed by atoms with E-state index >= 15 is 0 Å². The Morgan fingerprint density at radius 3 is 2.11 bits per heavy atom. The number of rotatable bonds is 10. The first-order valence-corrected chi connectivity index (χ1v) is 10.6. The summed E-state index contributed by atoms with van der Waals surface area (Å²) in [5, 5.41) is 2.80. The monoisotopic (exact) mass is 406 g/mol. The van der Waals surface area contributed by atoms with Crippen molar-refractivity contribution in [3.8, 4) is 11.5 Å². The predicted molar refractivity (Wildman–Crippen MR) is 108 cm³/mol. The van der Waals surface area contributed by atoms with Crippen LogP contribution < -0.4 is 19.5 Å². The van der Waals surface area contributed by atoms with Crippen molar-refractivity contribution in [1.29, 1.82) is 0 Å². The molecule has 1 amide bonds. The molecule has 152 valence electrons. The highest BCUT2D eigenvalue weighted by Crippen LogP contribution is 2.21. The second-order valence-electron chi connectivity index (χ2n) is 6.20. The van der Waals surface area contributed by atoms with Gasteiger partial charge in [-0.2, -0.15) is 0 Å². The topological polar surface area (TPSA) is 93.7 Å². The number of anilines is 1. The summed E-state index contributed by atoms with van der Waals surface area (Å²) in [4.78, 5) is 11.8. The molecular formula is C20H26N2O5S. The lowest BCUT2D eigenvalue weighted by molar-refractivity contribution is -0.123. The molecule has 1 atom stereocenters. The van der Waals surface area contributed by atoms with Gasteiger partial charge in [-0.3, -0.25) is 9.52 Å². The zero-order valence-corrected chi connectivity index (χ0v) is 17.1. The highest BCUT2D eigenvalue weighted by molar-refractivity contribution is 7.92. The molecule has 0 spiro atoms. The summed E-state index contributed by atoms with van der Waals surface area (Å²) < 4.78 is 38.2. The first-order valence-electron chi connectivity index (χ1n) is 9.12. The summed E-state index contributed by atoms with van der Waals surface area (Å²) in [6.45, 7) is 6.18. The molecule has 0 bridgehead atoms. The molecule has 2 N–H and O–H groups in total. The van der Waals surface area contributed by atoms with Gasteiger partial charge in [0.2, 0.25) is 0 Å². The van der Waals surface area contributed by atoms with Crippen LogP contribution in [0.25, 0.3) is 0 Å².